The van der Waals surface area contributed by atoms with Crippen molar-refractivity contribution in [2.75, 3.05) is 6.61 Å². The summed E-state index contributed by atoms with van der Waals surface area (Å²) in [4.78, 5) is 35.2. The van der Waals surface area contributed by atoms with Crippen LogP contribution in [-0.4, -0.2) is 22.1 Å². The first-order valence-corrected chi connectivity index (χ1v) is 6.73. The van der Waals surface area contributed by atoms with E-state index >= 15 is 0 Å². The lowest BCUT2D eigenvalue weighted by Gasteiger charge is -2.06. The van der Waals surface area contributed by atoms with Crippen molar-refractivity contribution < 1.29 is 13.9 Å². The number of carbonyl (C=O) groups is 1. The normalized spacial score (nSPS) is 10.4. The smallest absolute Gasteiger partial charge is 0.333 e. The van der Waals surface area contributed by atoms with Crippen LogP contribution in [0, 0.1) is 5.82 Å². The van der Waals surface area contributed by atoms with Crippen molar-refractivity contribution >= 4 is 5.97 Å². The number of carbonyl (C=O) groups excluding carboxylic acids is 1. The van der Waals surface area contributed by atoms with Crippen LogP contribution in [-0.2, 0) is 16.1 Å². The summed E-state index contributed by atoms with van der Waals surface area (Å²) in [7, 11) is 0. The number of rotatable bonds is 8. The van der Waals surface area contributed by atoms with Gasteiger partial charge in [0, 0.05) is 12.1 Å². The topological polar surface area (TPSA) is 81.2 Å². The van der Waals surface area contributed by atoms with Crippen molar-refractivity contribution in [2.24, 2.45) is 0 Å². The third kappa shape index (κ3) is 5.76. The highest BCUT2D eigenvalue weighted by molar-refractivity contribution is 5.86. The fourth-order valence-electron chi connectivity index (χ4n) is 1.67. The van der Waals surface area contributed by atoms with E-state index in [1.165, 1.54) is 0 Å². The van der Waals surface area contributed by atoms with Gasteiger partial charge in [0.15, 0.2) is 0 Å². The molecule has 0 amide bonds. The van der Waals surface area contributed by atoms with Crippen molar-refractivity contribution in [1.29, 1.82) is 0 Å². The minimum atomic E-state index is -1.00. The number of aryl methyl sites for hydroxylation is 1. The SMILES string of the molecule is C=C(C)C(=O)OCCCCCCn1cc(F)c(=O)[nH]c1=O. The highest BCUT2D eigenvalue weighted by Crippen LogP contribution is 2.03. The van der Waals surface area contributed by atoms with E-state index in [0.717, 1.165) is 23.6 Å². The third-order valence-corrected chi connectivity index (χ3v) is 2.84. The standard InChI is InChI=1S/C14H19FN2O4/c1-10(2)13(19)21-8-6-4-3-5-7-17-9-11(15)12(18)16-14(17)20/h9H,1,3-8H2,2H3,(H,16,18,20). The quantitative estimate of drug-likeness (QED) is 0.446. The monoisotopic (exact) mass is 298 g/mol. The number of aromatic nitrogens is 2. The van der Waals surface area contributed by atoms with Gasteiger partial charge in [-0.3, -0.25) is 14.3 Å². The molecule has 7 heteroatoms. The van der Waals surface area contributed by atoms with Crippen molar-refractivity contribution in [2.45, 2.75) is 39.2 Å². The summed E-state index contributed by atoms with van der Waals surface area (Å²) >= 11 is 0. The highest BCUT2D eigenvalue weighted by atomic mass is 19.1. The lowest BCUT2D eigenvalue weighted by molar-refractivity contribution is -0.139. The van der Waals surface area contributed by atoms with Gasteiger partial charge in [-0.1, -0.05) is 13.0 Å². The van der Waals surface area contributed by atoms with Crippen LogP contribution in [0.2, 0.25) is 0 Å². The Balaban J connectivity index is 2.22. The number of nitrogens with zero attached hydrogens (tertiary/aromatic N) is 1. The molecule has 0 unspecified atom stereocenters. The van der Waals surface area contributed by atoms with Crippen LogP contribution in [0.5, 0.6) is 0 Å². The van der Waals surface area contributed by atoms with Gasteiger partial charge in [-0.25, -0.2) is 9.59 Å². The summed E-state index contributed by atoms with van der Waals surface area (Å²) < 4.78 is 19.1. The van der Waals surface area contributed by atoms with E-state index in [0.29, 0.717) is 31.6 Å². The Bertz CT molecular complexity index is 618. The lowest BCUT2D eigenvalue weighted by Crippen LogP contribution is -2.31. The molecule has 0 aliphatic heterocycles. The molecule has 0 aliphatic rings. The van der Waals surface area contributed by atoms with Gasteiger partial charge in [-0.2, -0.15) is 4.39 Å². The second kappa shape index (κ2) is 8.18. The molecule has 1 heterocycles. The summed E-state index contributed by atoms with van der Waals surface area (Å²) in [5.74, 6) is -1.37. The maximum atomic E-state index is 13.0. The van der Waals surface area contributed by atoms with Gasteiger partial charge in [-0.15, -0.1) is 0 Å². The first-order chi connectivity index (χ1) is 9.91. The zero-order valence-electron chi connectivity index (χ0n) is 12.0. The lowest BCUT2D eigenvalue weighted by atomic mass is 10.2. The van der Waals surface area contributed by atoms with Crippen LogP contribution in [0.1, 0.15) is 32.6 Å². The van der Waals surface area contributed by atoms with E-state index in [2.05, 4.69) is 6.58 Å². The Morgan fingerprint density at radius 3 is 2.67 bits per heavy atom. The summed E-state index contributed by atoms with van der Waals surface area (Å²) in [6.45, 7) is 5.73. The van der Waals surface area contributed by atoms with Crippen LogP contribution >= 0.6 is 0 Å². The Hall–Kier alpha value is -2.18. The van der Waals surface area contributed by atoms with Crippen molar-refractivity contribution in [3.8, 4) is 0 Å². The Morgan fingerprint density at radius 1 is 1.33 bits per heavy atom. The van der Waals surface area contributed by atoms with Gasteiger partial charge in [0.1, 0.15) is 0 Å². The molecule has 1 rings (SSSR count). The van der Waals surface area contributed by atoms with E-state index in [1.807, 2.05) is 4.98 Å². The molecule has 0 saturated carbocycles. The van der Waals surface area contributed by atoms with Crippen LogP contribution in [0.4, 0.5) is 4.39 Å². The molecule has 0 aromatic carbocycles. The molecule has 1 aromatic heterocycles. The summed E-state index contributed by atoms with van der Waals surface area (Å²) in [6.07, 6.45) is 3.92. The summed E-state index contributed by atoms with van der Waals surface area (Å²) in [6, 6.07) is 0. The molecule has 1 aromatic rings. The molecule has 0 saturated heterocycles. The van der Waals surface area contributed by atoms with E-state index in [4.69, 9.17) is 4.74 Å². The fraction of sp³-hybridized carbons (Fsp3) is 0.500. The minimum absolute atomic E-state index is 0.331. The second-order valence-corrected chi connectivity index (χ2v) is 4.76. The first kappa shape index (κ1) is 16.9. The predicted octanol–water partition coefficient (Wildman–Crippen LogP) is 1.36. The molecule has 6 nitrogen and oxygen atoms in total. The maximum absolute atomic E-state index is 13.0. The zero-order chi connectivity index (χ0) is 15.8. The zero-order valence-corrected chi connectivity index (χ0v) is 12.0. The number of hydrogen-bond acceptors (Lipinski definition) is 4. The number of aromatic amines is 1. The van der Waals surface area contributed by atoms with Crippen LogP contribution in [0.3, 0.4) is 0 Å². The first-order valence-electron chi connectivity index (χ1n) is 6.73. The third-order valence-electron chi connectivity index (χ3n) is 2.84. The molecule has 116 valence electrons. The molecule has 0 spiro atoms. The molecular formula is C14H19FN2O4. The van der Waals surface area contributed by atoms with Crippen LogP contribution in [0.15, 0.2) is 27.9 Å². The summed E-state index contributed by atoms with van der Waals surface area (Å²) in [5.41, 5.74) is -1.25. The molecule has 0 radical (unpaired) electrons. The minimum Gasteiger partial charge on any atom is -0.462 e. The molecule has 1 N–H and O–H groups in total. The highest BCUT2D eigenvalue weighted by Gasteiger charge is 2.04. The number of hydrogen-bond donors (Lipinski definition) is 1. The number of halogens is 1. The number of unbranched alkanes of at least 4 members (excludes halogenated alkanes) is 3. The molecule has 0 atom stereocenters. The van der Waals surface area contributed by atoms with Crippen LogP contribution < -0.4 is 11.2 Å². The van der Waals surface area contributed by atoms with Gasteiger partial charge in [-0.05, 0) is 26.2 Å². The predicted molar refractivity (Wildman–Crippen MR) is 75.5 cm³/mol. The fourth-order valence-corrected chi connectivity index (χ4v) is 1.67. The molecule has 0 fully saturated rings. The van der Waals surface area contributed by atoms with E-state index in [9.17, 15) is 18.8 Å². The summed E-state index contributed by atoms with van der Waals surface area (Å²) in [5, 5.41) is 0. The molecular weight excluding hydrogens is 279 g/mol. The van der Waals surface area contributed by atoms with Gasteiger partial charge in [0.25, 0.3) is 5.56 Å². The number of esters is 1. The Labute approximate surface area is 121 Å². The van der Waals surface area contributed by atoms with E-state index in [1.54, 1.807) is 6.92 Å². The van der Waals surface area contributed by atoms with Gasteiger partial charge in [0.05, 0.1) is 12.8 Å². The van der Waals surface area contributed by atoms with E-state index < -0.39 is 23.0 Å². The van der Waals surface area contributed by atoms with Gasteiger partial charge < -0.3 is 4.74 Å². The number of nitrogens with one attached hydrogen (secondary N) is 1. The largest absolute Gasteiger partial charge is 0.462 e. The Kier molecular flexibility index (Phi) is 6.58. The van der Waals surface area contributed by atoms with Crippen molar-refractivity contribution in [1.82, 2.24) is 9.55 Å². The number of ether oxygens (including phenoxy) is 1. The van der Waals surface area contributed by atoms with Gasteiger partial charge in [0.2, 0.25) is 5.82 Å². The Morgan fingerprint density at radius 2 is 2.00 bits per heavy atom. The average Bonchev–Trinajstić information content (AvgIpc) is 2.42. The maximum Gasteiger partial charge on any atom is 0.333 e. The second-order valence-electron chi connectivity index (χ2n) is 4.76. The van der Waals surface area contributed by atoms with E-state index in [-0.39, 0.29) is 0 Å². The molecule has 0 bridgehead atoms. The average molecular weight is 298 g/mol. The molecule has 0 aliphatic carbocycles. The van der Waals surface area contributed by atoms with Crippen LogP contribution in [0.25, 0.3) is 0 Å². The van der Waals surface area contributed by atoms with Gasteiger partial charge >= 0.3 is 11.7 Å². The molecule has 21 heavy (non-hydrogen) atoms. The van der Waals surface area contributed by atoms with Crippen molar-refractivity contribution in [3.63, 3.8) is 0 Å². The van der Waals surface area contributed by atoms with Crippen molar-refractivity contribution in [3.05, 3.63) is 45.0 Å². The number of H-pyrrole nitrogens is 1.